The summed E-state index contributed by atoms with van der Waals surface area (Å²) in [5, 5.41) is 8.54. The molecule has 0 atom stereocenters. The Labute approximate surface area is 162 Å². The van der Waals surface area contributed by atoms with Gasteiger partial charge in [-0.3, -0.25) is 0 Å². The van der Waals surface area contributed by atoms with Crippen molar-refractivity contribution in [3.63, 3.8) is 0 Å². The quantitative estimate of drug-likeness (QED) is 0.816. The van der Waals surface area contributed by atoms with Crippen molar-refractivity contribution in [2.75, 3.05) is 0 Å². The fourth-order valence-electron chi connectivity index (χ4n) is 2.92. The molecule has 1 aliphatic rings. The van der Waals surface area contributed by atoms with Crippen molar-refractivity contribution in [1.29, 1.82) is 5.26 Å². The van der Waals surface area contributed by atoms with E-state index < -0.39 is 15.8 Å². The molecule has 27 heavy (non-hydrogen) atoms. The number of aromatic nitrogens is 1. The maximum atomic E-state index is 13.2. The average molecular weight is 410 g/mol. The fourth-order valence-corrected chi connectivity index (χ4v) is 4.49. The number of nitriles is 1. The van der Waals surface area contributed by atoms with Crippen molar-refractivity contribution in [2.24, 2.45) is 0 Å². The number of nitrogens with zero attached hydrogens (tertiary/aromatic N) is 2. The van der Waals surface area contributed by atoms with Gasteiger partial charge in [0.1, 0.15) is 18.0 Å². The van der Waals surface area contributed by atoms with E-state index in [-0.39, 0.29) is 22.1 Å². The van der Waals surface area contributed by atoms with Crippen LogP contribution in [0.5, 0.6) is 5.88 Å². The molecule has 0 radical (unpaired) electrons. The summed E-state index contributed by atoms with van der Waals surface area (Å²) in [5.74, 6) is -0.219. The lowest BCUT2D eigenvalue weighted by Gasteiger charge is -2.29. The minimum absolute atomic E-state index is 0.0611. The molecule has 1 N–H and O–H groups in total. The van der Waals surface area contributed by atoms with E-state index in [2.05, 4.69) is 9.71 Å². The number of nitrogens with one attached hydrogen (secondary N) is 1. The normalized spacial score (nSPS) is 20.0. The molecule has 9 heteroatoms. The zero-order valence-corrected chi connectivity index (χ0v) is 15.8. The monoisotopic (exact) mass is 409 g/mol. The van der Waals surface area contributed by atoms with Crippen LogP contribution in [0.4, 0.5) is 4.39 Å². The molecule has 1 saturated carbocycles. The molecule has 0 spiro atoms. The van der Waals surface area contributed by atoms with Crippen LogP contribution in [0.25, 0.3) is 0 Å². The third kappa shape index (κ3) is 4.95. The molecule has 1 aromatic heterocycles. The van der Waals surface area contributed by atoms with E-state index in [1.165, 1.54) is 12.3 Å². The number of hydrogen-bond donors (Lipinski definition) is 1. The predicted octanol–water partition coefficient (Wildman–Crippen LogP) is 3.41. The van der Waals surface area contributed by atoms with E-state index in [1.807, 2.05) is 6.07 Å². The topological polar surface area (TPSA) is 92.1 Å². The van der Waals surface area contributed by atoms with Crippen molar-refractivity contribution in [3.05, 3.63) is 52.9 Å². The molecule has 3 rings (SSSR count). The van der Waals surface area contributed by atoms with Gasteiger partial charge in [-0.05, 0) is 49.9 Å². The SMILES string of the molecule is N#Cc1ccc(OC2CCC(NS(=O)(=O)c3ccc(F)c(Cl)c3)CC2)nc1. The van der Waals surface area contributed by atoms with Gasteiger partial charge in [-0.2, -0.15) is 5.26 Å². The van der Waals surface area contributed by atoms with Crippen molar-refractivity contribution < 1.29 is 17.5 Å². The number of rotatable bonds is 5. The Kier molecular flexibility index (Phi) is 5.95. The average Bonchev–Trinajstić information content (AvgIpc) is 2.66. The zero-order chi connectivity index (χ0) is 19.4. The fraction of sp³-hybridized carbons (Fsp3) is 0.333. The Morgan fingerprint density at radius 1 is 1.22 bits per heavy atom. The van der Waals surface area contributed by atoms with Crippen molar-refractivity contribution in [1.82, 2.24) is 9.71 Å². The lowest BCUT2D eigenvalue weighted by molar-refractivity contribution is 0.138. The van der Waals surface area contributed by atoms with Crippen LogP contribution in [-0.2, 0) is 10.0 Å². The number of sulfonamides is 1. The third-order valence-corrected chi connectivity index (χ3v) is 6.16. The van der Waals surface area contributed by atoms with Gasteiger partial charge < -0.3 is 4.74 Å². The summed E-state index contributed by atoms with van der Waals surface area (Å²) in [7, 11) is -3.77. The van der Waals surface area contributed by atoms with Crippen LogP contribution < -0.4 is 9.46 Å². The third-order valence-electron chi connectivity index (χ3n) is 4.35. The highest BCUT2D eigenvalue weighted by molar-refractivity contribution is 7.89. The lowest BCUT2D eigenvalue weighted by atomic mass is 9.94. The number of benzene rings is 1. The van der Waals surface area contributed by atoms with Gasteiger partial charge in [0, 0.05) is 18.3 Å². The minimum Gasteiger partial charge on any atom is -0.474 e. The summed E-state index contributed by atoms with van der Waals surface area (Å²) in [5.41, 5.74) is 0.460. The molecule has 0 bridgehead atoms. The maximum absolute atomic E-state index is 13.2. The smallest absolute Gasteiger partial charge is 0.240 e. The second kappa shape index (κ2) is 8.21. The first-order valence-corrected chi connectivity index (χ1v) is 10.2. The van der Waals surface area contributed by atoms with Crippen molar-refractivity contribution >= 4 is 21.6 Å². The molecule has 0 unspecified atom stereocenters. The molecular weight excluding hydrogens is 393 g/mol. The van der Waals surface area contributed by atoms with Crippen LogP contribution in [0, 0.1) is 17.1 Å². The molecule has 1 aliphatic carbocycles. The van der Waals surface area contributed by atoms with Gasteiger partial charge >= 0.3 is 0 Å². The summed E-state index contributed by atoms with van der Waals surface area (Å²) in [6.45, 7) is 0. The Hall–Kier alpha value is -2.21. The van der Waals surface area contributed by atoms with E-state index in [0.29, 0.717) is 37.1 Å². The van der Waals surface area contributed by atoms with Gasteiger partial charge in [-0.15, -0.1) is 0 Å². The van der Waals surface area contributed by atoms with Crippen LogP contribution in [0.2, 0.25) is 5.02 Å². The highest BCUT2D eigenvalue weighted by Crippen LogP contribution is 2.25. The van der Waals surface area contributed by atoms with Gasteiger partial charge in [0.25, 0.3) is 0 Å². The molecule has 1 heterocycles. The summed E-state index contributed by atoms with van der Waals surface area (Å²) in [6.07, 6.45) is 3.93. The Balaban J connectivity index is 1.55. The molecule has 1 aromatic carbocycles. The number of pyridine rings is 1. The van der Waals surface area contributed by atoms with Crippen LogP contribution in [-0.4, -0.2) is 25.5 Å². The first-order chi connectivity index (χ1) is 12.9. The van der Waals surface area contributed by atoms with Crippen LogP contribution in [0.1, 0.15) is 31.2 Å². The minimum atomic E-state index is -3.77. The van der Waals surface area contributed by atoms with E-state index in [1.54, 1.807) is 12.1 Å². The van der Waals surface area contributed by atoms with Gasteiger partial charge in [0.15, 0.2) is 0 Å². The van der Waals surface area contributed by atoms with E-state index >= 15 is 0 Å². The summed E-state index contributed by atoms with van der Waals surface area (Å²) in [4.78, 5) is 4.02. The van der Waals surface area contributed by atoms with Crippen LogP contribution in [0.15, 0.2) is 41.4 Å². The maximum Gasteiger partial charge on any atom is 0.240 e. The predicted molar refractivity (Wildman–Crippen MR) is 97.4 cm³/mol. The molecule has 0 amide bonds. The first kappa shape index (κ1) is 19.5. The second-order valence-corrected chi connectivity index (χ2v) is 8.41. The lowest BCUT2D eigenvalue weighted by Crippen LogP contribution is -2.39. The number of hydrogen-bond acceptors (Lipinski definition) is 5. The Bertz CT molecular complexity index is 953. The van der Waals surface area contributed by atoms with Gasteiger partial charge in [0.05, 0.1) is 15.5 Å². The molecule has 0 saturated heterocycles. The Morgan fingerprint density at radius 2 is 1.96 bits per heavy atom. The Morgan fingerprint density at radius 3 is 2.56 bits per heavy atom. The highest BCUT2D eigenvalue weighted by atomic mass is 35.5. The summed E-state index contributed by atoms with van der Waals surface area (Å²) < 4.78 is 46.5. The molecule has 2 aromatic rings. The second-order valence-electron chi connectivity index (χ2n) is 6.29. The largest absolute Gasteiger partial charge is 0.474 e. The first-order valence-electron chi connectivity index (χ1n) is 8.37. The molecule has 0 aliphatic heterocycles. The van der Waals surface area contributed by atoms with E-state index in [4.69, 9.17) is 21.6 Å². The number of halogens is 2. The van der Waals surface area contributed by atoms with Gasteiger partial charge in [-0.1, -0.05) is 11.6 Å². The molecule has 142 valence electrons. The van der Waals surface area contributed by atoms with Gasteiger partial charge in [-0.25, -0.2) is 22.5 Å². The van der Waals surface area contributed by atoms with E-state index in [9.17, 15) is 12.8 Å². The zero-order valence-electron chi connectivity index (χ0n) is 14.2. The van der Waals surface area contributed by atoms with Crippen molar-refractivity contribution in [2.45, 2.75) is 42.7 Å². The highest BCUT2D eigenvalue weighted by Gasteiger charge is 2.27. The molecule has 1 fully saturated rings. The van der Waals surface area contributed by atoms with Crippen LogP contribution in [0.3, 0.4) is 0 Å². The van der Waals surface area contributed by atoms with Crippen molar-refractivity contribution in [3.8, 4) is 11.9 Å². The van der Waals surface area contributed by atoms with Crippen LogP contribution >= 0.6 is 11.6 Å². The molecular formula is C18H17ClFN3O3S. The summed E-state index contributed by atoms with van der Waals surface area (Å²) in [6, 6.07) is 8.37. The summed E-state index contributed by atoms with van der Waals surface area (Å²) >= 11 is 5.67. The van der Waals surface area contributed by atoms with E-state index in [0.717, 1.165) is 12.1 Å². The standard InChI is InChI=1S/C18H17ClFN3O3S/c19-16-9-15(6-7-17(16)20)27(24,25)23-13-2-4-14(5-3-13)26-18-8-1-12(10-21)11-22-18/h1,6-9,11,13-14,23H,2-5H2. The van der Waals surface area contributed by atoms with Gasteiger partial charge in [0.2, 0.25) is 15.9 Å². The number of ether oxygens (including phenoxy) is 1. The molecule has 6 nitrogen and oxygen atoms in total.